The van der Waals surface area contributed by atoms with E-state index in [0.717, 1.165) is 55.4 Å². The first-order valence-electron chi connectivity index (χ1n) is 10.5. The van der Waals surface area contributed by atoms with Crippen molar-refractivity contribution in [3.8, 4) is 0 Å². The summed E-state index contributed by atoms with van der Waals surface area (Å²) in [5.41, 5.74) is 3.36. The molecular weight excluding hydrogens is 358 g/mol. The average molecular weight is 388 g/mol. The Morgan fingerprint density at radius 3 is 2.38 bits per heavy atom. The molecule has 1 aliphatic heterocycles. The number of piperazine rings is 1. The van der Waals surface area contributed by atoms with Gasteiger partial charge in [0, 0.05) is 44.0 Å². The van der Waals surface area contributed by atoms with Gasteiger partial charge >= 0.3 is 0 Å². The maximum absolute atomic E-state index is 12.4. The molecule has 1 amide bonds. The number of benzene rings is 3. The Hall–Kier alpha value is -2.85. The number of carbonyl (C=O) groups is 1. The monoisotopic (exact) mass is 387 g/mol. The van der Waals surface area contributed by atoms with Crippen LogP contribution >= 0.6 is 0 Å². The number of rotatable bonds is 6. The minimum atomic E-state index is 0.00108. The van der Waals surface area contributed by atoms with Gasteiger partial charge in [-0.2, -0.15) is 0 Å². The lowest BCUT2D eigenvalue weighted by Crippen LogP contribution is -2.44. The third-order valence-electron chi connectivity index (χ3n) is 5.74. The molecule has 0 aliphatic carbocycles. The summed E-state index contributed by atoms with van der Waals surface area (Å²) in [5, 5.41) is 5.30. The number of hydrogen-bond acceptors (Lipinski definition) is 3. The normalized spacial score (nSPS) is 14.9. The highest BCUT2D eigenvalue weighted by molar-refractivity contribution is 5.98. The fourth-order valence-electron chi connectivity index (χ4n) is 3.87. The highest BCUT2D eigenvalue weighted by Crippen LogP contribution is 2.18. The van der Waals surface area contributed by atoms with Gasteiger partial charge < -0.3 is 15.1 Å². The molecule has 3 aromatic rings. The van der Waals surface area contributed by atoms with E-state index in [1.54, 1.807) is 0 Å². The van der Waals surface area contributed by atoms with Gasteiger partial charge in [-0.15, -0.1) is 0 Å². The van der Waals surface area contributed by atoms with E-state index in [2.05, 4.69) is 52.5 Å². The first kappa shape index (κ1) is 19.5. The zero-order valence-electron chi connectivity index (χ0n) is 17.1. The van der Waals surface area contributed by atoms with Gasteiger partial charge in [-0.25, -0.2) is 0 Å². The highest BCUT2D eigenvalue weighted by atomic mass is 16.1. The fraction of sp³-hybridized carbons (Fsp3) is 0.320. The van der Waals surface area contributed by atoms with Crippen molar-refractivity contribution in [1.29, 1.82) is 0 Å². The molecule has 29 heavy (non-hydrogen) atoms. The van der Waals surface area contributed by atoms with Crippen molar-refractivity contribution in [3.63, 3.8) is 0 Å². The van der Waals surface area contributed by atoms with Gasteiger partial charge in [0.2, 0.25) is 0 Å². The fourth-order valence-corrected chi connectivity index (χ4v) is 3.87. The Kier molecular flexibility index (Phi) is 6.11. The van der Waals surface area contributed by atoms with Crippen molar-refractivity contribution in [3.05, 3.63) is 77.9 Å². The van der Waals surface area contributed by atoms with Gasteiger partial charge in [0.1, 0.15) is 0 Å². The first-order chi connectivity index (χ1) is 14.2. The summed E-state index contributed by atoms with van der Waals surface area (Å²) in [5.74, 6) is 0.00108. The molecule has 4 heteroatoms. The van der Waals surface area contributed by atoms with Crippen molar-refractivity contribution in [2.45, 2.75) is 12.8 Å². The number of amides is 1. The van der Waals surface area contributed by atoms with Gasteiger partial charge in [0.05, 0.1) is 0 Å². The SMILES string of the molecule is CN1CCN(c2ccc(CCCNC(=O)c3ccc4ccccc4c3)cc2)CC1. The number of aryl methyl sites for hydroxylation is 1. The first-order valence-corrected chi connectivity index (χ1v) is 10.5. The quantitative estimate of drug-likeness (QED) is 0.651. The topological polar surface area (TPSA) is 35.6 Å². The van der Waals surface area contributed by atoms with E-state index in [0.29, 0.717) is 6.54 Å². The molecule has 0 radical (unpaired) electrons. The lowest BCUT2D eigenvalue weighted by Gasteiger charge is -2.34. The number of carbonyl (C=O) groups excluding carboxylic acids is 1. The minimum absolute atomic E-state index is 0.00108. The molecule has 0 aromatic heterocycles. The van der Waals surface area contributed by atoms with Crippen LogP contribution in [0, 0.1) is 0 Å². The average Bonchev–Trinajstić information content (AvgIpc) is 2.77. The third-order valence-corrected chi connectivity index (χ3v) is 5.74. The number of anilines is 1. The molecule has 0 unspecified atom stereocenters. The van der Waals surface area contributed by atoms with Gasteiger partial charge in [-0.1, -0.05) is 42.5 Å². The molecule has 1 aliphatic rings. The van der Waals surface area contributed by atoms with Crippen LogP contribution in [0.1, 0.15) is 22.3 Å². The molecule has 1 fully saturated rings. The van der Waals surface area contributed by atoms with Crippen LogP contribution in [0.3, 0.4) is 0 Å². The zero-order valence-corrected chi connectivity index (χ0v) is 17.1. The number of hydrogen-bond donors (Lipinski definition) is 1. The Morgan fingerprint density at radius 2 is 1.62 bits per heavy atom. The van der Waals surface area contributed by atoms with Crippen LogP contribution in [-0.4, -0.2) is 50.6 Å². The predicted molar refractivity (Wildman–Crippen MR) is 121 cm³/mol. The zero-order chi connectivity index (χ0) is 20.1. The van der Waals surface area contributed by atoms with Crippen molar-refractivity contribution < 1.29 is 4.79 Å². The summed E-state index contributed by atoms with van der Waals surface area (Å²) in [6.45, 7) is 5.12. The van der Waals surface area contributed by atoms with Crippen LogP contribution in [0.2, 0.25) is 0 Å². The molecule has 0 atom stereocenters. The second-order valence-corrected chi connectivity index (χ2v) is 7.88. The molecule has 4 nitrogen and oxygen atoms in total. The number of fused-ring (bicyclic) bond motifs is 1. The predicted octanol–water partition coefficient (Wildman–Crippen LogP) is 3.95. The van der Waals surface area contributed by atoms with Crippen LogP contribution in [-0.2, 0) is 6.42 Å². The van der Waals surface area contributed by atoms with Crippen LogP contribution in [0.25, 0.3) is 10.8 Å². The number of likely N-dealkylation sites (N-methyl/N-ethyl adjacent to an activating group) is 1. The van der Waals surface area contributed by atoms with Crippen molar-refractivity contribution >= 4 is 22.4 Å². The Bertz CT molecular complexity index is 959. The summed E-state index contributed by atoms with van der Waals surface area (Å²) in [6, 6.07) is 22.9. The van der Waals surface area contributed by atoms with E-state index in [9.17, 15) is 4.79 Å². The Balaban J connectivity index is 1.24. The maximum Gasteiger partial charge on any atom is 0.251 e. The van der Waals surface area contributed by atoms with E-state index in [4.69, 9.17) is 0 Å². The van der Waals surface area contributed by atoms with Crippen molar-refractivity contribution in [1.82, 2.24) is 10.2 Å². The van der Waals surface area contributed by atoms with E-state index >= 15 is 0 Å². The molecular formula is C25H29N3O. The summed E-state index contributed by atoms with van der Waals surface area (Å²) < 4.78 is 0. The highest BCUT2D eigenvalue weighted by Gasteiger charge is 2.13. The molecule has 1 heterocycles. The summed E-state index contributed by atoms with van der Waals surface area (Å²) in [4.78, 5) is 17.2. The maximum atomic E-state index is 12.4. The van der Waals surface area contributed by atoms with Crippen LogP contribution in [0.15, 0.2) is 66.7 Å². The standard InChI is InChI=1S/C25H29N3O/c1-27-15-17-28(18-16-27)24-12-8-20(9-13-24)5-4-14-26-25(29)23-11-10-21-6-2-3-7-22(21)19-23/h2-3,6-13,19H,4-5,14-18H2,1H3,(H,26,29). The molecule has 1 saturated heterocycles. The lowest BCUT2D eigenvalue weighted by molar-refractivity contribution is 0.0953. The molecule has 4 rings (SSSR count). The van der Waals surface area contributed by atoms with Crippen LogP contribution in [0.4, 0.5) is 5.69 Å². The van der Waals surface area contributed by atoms with E-state index in [1.165, 1.54) is 11.3 Å². The number of nitrogens with one attached hydrogen (secondary N) is 1. The largest absolute Gasteiger partial charge is 0.369 e. The summed E-state index contributed by atoms with van der Waals surface area (Å²) in [7, 11) is 2.18. The lowest BCUT2D eigenvalue weighted by atomic mass is 10.1. The van der Waals surface area contributed by atoms with Crippen molar-refractivity contribution in [2.75, 3.05) is 44.7 Å². The van der Waals surface area contributed by atoms with Gasteiger partial charge in [0.15, 0.2) is 0 Å². The van der Waals surface area contributed by atoms with Gasteiger partial charge in [-0.3, -0.25) is 4.79 Å². The molecule has 0 spiro atoms. The molecule has 0 bridgehead atoms. The second-order valence-electron chi connectivity index (χ2n) is 7.88. The van der Waals surface area contributed by atoms with E-state index in [-0.39, 0.29) is 5.91 Å². The summed E-state index contributed by atoms with van der Waals surface area (Å²) in [6.07, 6.45) is 1.91. The molecule has 1 N–H and O–H groups in total. The van der Waals surface area contributed by atoms with Gasteiger partial charge in [0.25, 0.3) is 5.91 Å². The smallest absolute Gasteiger partial charge is 0.251 e. The third kappa shape index (κ3) is 4.96. The van der Waals surface area contributed by atoms with E-state index < -0.39 is 0 Å². The molecule has 3 aromatic carbocycles. The second kappa shape index (κ2) is 9.10. The minimum Gasteiger partial charge on any atom is -0.369 e. The Morgan fingerprint density at radius 1 is 0.897 bits per heavy atom. The summed E-state index contributed by atoms with van der Waals surface area (Å²) >= 11 is 0. The molecule has 0 saturated carbocycles. The van der Waals surface area contributed by atoms with Crippen LogP contribution < -0.4 is 10.2 Å². The van der Waals surface area contributed by atoms with Gasteiger partial charge in [-0.05, 0) is 60.5 Å². The Labute approximate surface area is 173 Å². The number of nitrogens with zero attached hydrogens (tertiary/aromatic N) is 2. The van der Waals surface area contributed by atoms with E-state index in [1.807, 2.05) is 36.4 Å². The van der Waals surface area contributed by atoms with Crippen LogP contribution in [0.5, 0.6) is 0 Å². The molecule has 150 valence electrons. The van der Waals surface area contributed by atoms with Crippen molar-refractivity contribution in [2.24, 2.45) is 0 Å².